The fourth-order valence-electron chi connectivity index (χ4n) is 3.08. The van der Waals surface area contributed by atoms with Crippen LogP contribution in [0.25, 0.3) is 0 Å². The van der Waals surface area contributed by atoms with Gasteiger partial charge < -0.3 is 5.32 Å². The number of nitrogens with one attached hydrogen (secondary N) is 1. The summed E-state index contributed by atoms with van der Waals surface area (Å²) in [6.45, 7) is 6.89. The van der Waals surface area contributed by atoms with Gasteiger partial charge in [0.05, 0.1) is 4.92 Å². The van der Waals surface area contributed by atoms with Gasteiger partial charge >= 0.3 is 0 Å². The lowest BCUT2D eigenvalue weighted by molar-refractivity contribution is -0.384. The van der Waals surface area contributed by atoms with Gasteiger partial charge in [-0.05, 0) is 36.7 Å². The second-order valence-corrected chi connectivity index (χ2v) is 6.44. The molecule has 0 amide bonds. The van der Waals surface area contributed by atoms with Gasteiger partial charge in [-0.1, -0.05) is 26.8 Å². The second kappa shape index (κ2) is 5.19. The zero-order valence-electron chi connectivity index (χ0n) is 11.8. The van der Waals surface area contributed by atoms with Gasteiger partial charge in [-0.15, -0.1) is 0 Å². The third-order valence-electron chi connectivity index (χ3n) is 4.10. The molecular weight excluding hydrogens is 240 g/mol. The molecule has 0 heterocycles. The first-order valence-electron chi connectivity index (χ1n) is 6.88. The van der Waals surface area contributed by atoms with Crippen molar-refractivity contribution < 1.29 is 4.92 Å². The van der Waals surface area contributed by atoms with Gasteiger partial charge in [0.25, 0.3) is 5.69 Å². The molecule has 2 atom stereocenters. The van der Waals surface area contributed by atoms with Crippen molar-refractivity contribution in [3.63, 3.8) is 0 Å². The van der Waals surface area contributed by atoms with Crippen molar-refractivity contribution in [2.24, 2.45) is 11.3 Å². The van der Waals surface area contributed by atoms with Crippen molar-refractivity contribution in [3.8, 4) is 0 Å². The molecule has 1 aromatic rings. The first-order chi connectivity index (χ1) is 8.87. The van der Waals surface area contributed by atoms with E-state index in [1.54, 1.807) is 12.1 Å². The van der Waals surface area contributed by atoms with Crippen molar-refractivity contribution in [2.45, 2.75) is 46.1 Å². The van der Waals surface area contributed by atoms with Crippen LogP contribution in [0, 0.1) is 21.4 Å². The van der Waals surface area contributed by atoms with E-state index in [2.05, 4.69) is 26.1 Å². The highest BCUT2D eigenvalue weighted by Gasteiger charge is 2.32. The molecule has 0 aliphatic heterocycles. The molecule has 4 nitrogen and oxygen atoms in total. The molecule has 1 saturated carbocycles. The van der Waals surface area contributed by atoms with E-state index in [9.17, 15) is 10.1 Å². The number of nitrogens with zero attached hydrogens (tertiary/aromatic N) is 1. The van der Waals surface area contributed by atoms with E-state index in [-0.39, 0.29) is 10.6 Å². The van der Waals surface area contributed by atoms with Gasteiger partial charge in [0.2, 0.25) is 0 Å². The van der Waals surface area contributed by atoms with Crippen molar-refractivity contribution in [2.75, 3.05) is 5.32 Å². The predicted molar refractivity (Wildman–Crippen MR) is 77.3 cm³/mol. The van der Waals surface area contributed by atoms with Crippen LogP contribution in [0.1, 0.15) is 40.0 Å². The molecule has 0 saturated heterocycles. The topological polar surface area (TPSA) is 55.2 Å². The summed E-state index contributed by atoms with van der Waals surface area (Å²) in [5, 5.41) is 14.2. The molecule has 0 bridgehead atoms. The van der Waals surface area contributed by atoms with Gasteiger partial charge in [0.1, 0.15) is 0 Å². The lowest BCUT2D eigenvalue weighted by atomic mass is 9.70. The highest BCUT2D eigenvalue weighted by molar-refractivity contribution is 5.51. The van der Waals surface area contributed by atoms with Crippen LogP contribution in [-0.4, -0.2) is 11.0 Å². The minimum Gasteiger partial charge on any atom is -0.382 e. The molecule has 4 heteroatoms. The minimum absolute atomic E-state index is 0.147. The smallest absolute Gasteiger partial charge is 0.271 e. The van der Waals surface area contributed by atoms with E-state index < -0.39 is 0 Å². The molecule has 19 heavy (non-hydrogen) atoms. The van der Waals surface area contributed by atoms with Gasteiger partial charge in [0, 0.05) is 23.9 Å². The number of non-ortho nitro benzene ring substituents is 1. The quantitative estimate of drug-likeness (QED) is 0.655. The fraction of sp³-hybridized carbons (Fsp3) is 0.600. The fourth-order valence-corrected chi connectivity index (χ4v) is 3.08. The predicted octanol–water partition coefficient (Wildman–Crippen LogP) is 4.22. The largest absolute Gasteiger partial charge is 0.382 e. The summed E-state index contributed by atoms with van der Waals surface area (Å²) in [5.41, 5.74) is 1.42. The molecule has 1 aliphatic carbocycles. The number of hydrogen-bond acceptors (Lipinski definition) is 3. The van der Waals surface area contributed by atoms with Crippen LogP contribution in [0.5, 0.6) is 0 Å². The number of anilines is 1. The number of hydrogen-bond donors (Lipinski definition) is 1. The van der Waals surface area contributed by atoms with Crippen LogP contribution in [0.4, 0.5) is 11.4 Å². The van der Waals surface area contributed by atoms with Crippen LogP contribution < -0.4 is 5.32 Å². The lowest BCUT2D eigenvalue weighted by Gasteiger charge is -2.40. The Morgan fingerprint density at radius 3 is 2.79 bits per heavy atom. The summed E-state index contributed by atoms with van der Waals surface area (Å²) in [6.07, 6.45) is 3.51. The van der Waals surface area contributed by atoms with Crippen molar-refractivity contribution in [1.82, 2.24) is 0 Å². The normalized spacial score (nSPS) is 25.8. The molecule has 104 valence electrons. The molecule has 1 aliphatic rings. The average Bonchev–Trinajstić information content (AvgIpc) is 2.32. The maximum atomic E-state index is 10.8. The highest BCUT2D eigenvalue weighted by atomic mass is 16.6. The van der Waals surface area contributed by atoms with Crippen LogP contribution in [-0.2, 0) is 0 Å². The Balaban J connectivity index is 2.05. The summed E-state index contributed by atoms with van der Waals surface area (Å²) in [6, 6.07) is 7.19. The Morgan fingerprint density at radius 2 is 2.16 bits per heavy atom. The molecule has 0 spiro atoms. The van der Waals surface area contributed by atoms with E-state index in [0.717, 1.165) is 12.1 Å². The van der Waals surface area contributed by atoms with E-state index in [1.165, 1.54) is 18.9 Å². The maximum absolute atomic E-state index is 10.8. The lowest BCUT2D eigenvalue weighted by Crippen LogP contribution is -2.36. The highest BCUT2D eigenvalue weighted by Crippen LogP contribution is 2.39. The van der Waals surface area contributed by atoms with Crippen molar-refractivity contribution in [1.29, 1.82) is 0 Å². The Morgan fingerprint density at radius 1 is 1.42 bits per heavy atom. The molecule has 1 N–H and O–H groups in total. The Bertz CT molecular complexity index is 471. The van der Waals surface area contributed by atoms with E-state index in [4.69, 9.17) is 0 Å². The van der Waals surface area contributed by atoms with Gasteiger partial charge in [-0.2, -0.15) is 0 Å². The van der Waals surface area contributed by atoms with Crippen molar-refractivity contribution in [3.05, 3.63) is 34.4 Å². The summed E-state index contributed by atoms with van der Waals surface area (Å²) < 4.78 is 0. The van der Waals surface area contributed by atoms with E-state index >= 15 is 0 Å². The molecule has 1 fully saturated rings. The zero-order valence-corrected chi connectivity index (χ0v) is 11.8. The molecule has 2 unspecified atom stereocenters. The Kier molecular flexibility index (Phi) is 3.78. The SMILES string of the molecule is CC1CC(C)(C)CCC1Nc1cccc([N+](=O)[O-])c1. The van der Waals surface area contributed by atoms with Gasteiger partial charge in [-0.3, -0.25) is 10.1 Å². The summed E-state index contributed by atoms with van der Waals surface area (Å²) in [7, 11) is 0. The number of nitro benzene ring substituents is 1. The van der Waals surface area contributed by atoms with E-state index in [0.29, 0.717) is 17.4 Å². The average molecular weight is 262 g/mol. The molecule has 2 rings (SSSR count). The molecule has 1 aromatic carbocycles. The molecular formula is C15H22N2O2. The summed E-state index contributed by atoms with van der Waals surface area (Å²) in [5.74, 6) is 0.586. The zero-order chi connectivity index (χ0) is 14.0. The third kappa shape index (κ3) is 3.46. The van der Waals surface area contributed by atoms with Gasteiger partial charge in [0.15, 0.2) is 0 Å². The number of rotatable bonds is 3. The second-order valence-electron chi connectivity index (χ2n) is 6.44. The van der Waals surface area contributed by atoms with Crippen molar-refractivity contribution >= 4 is 11.4 Å². The number of nitro groups is 1. The summed E-state index contributed by atoms with van der Waals surface area (Å²) >= 11 is 0. The minimum atomic E-state index is -0.349. The first kappa shape index (κ1) is 13.8. The van der Waals surface area contributed by atoms with Crippen LogP contribution in [0.15, 0.2) is 24.3 Å². The van der Waals surface area contributed by atoms with Crippen LogP contribution >= 0.6 is 0 Å². The monoisotopic (exact) mass is 262 g/mol. The Hall–Kier alpha value is -1.58. The van der Waals surface area contributed by atoms with Crippen LogP contribution in [0.2, 0.25) is 0 Å². The van der Waals surface area contributed by atoms with Gasteiger partial charge in [-0.25, -0.2) is 0 Å². The van der Waals surface area contributed by atoms with E-state index in [1.807, 2.05) is 6.07 Å². The molecule has 0 radical (unpaired) electrons. The first-order valence-corrected chi connectivity index (χ1v) is 6.88. The maximum Gasteiger partial charge on any atom is 0.271 e. The number of benzene rings is 1. The third-order valence-corrected chi connectivity index (χ3v) is 4.10. The molecule has 0 aromatic heterocycles. The van der Waals surface area contributed by atoms with Crippen LogP contribution in [0.3, 0.4) is 0 Å². The standard InChI is InChI=1S/C15H22N2O2/c1-11-10-15(2,3)8-7-14(11)16-12-5-4-6-13(9-12)17(18)19/h4-6,9,11,14,16H,7-8,10H2,1-3H3. The summed E-state index contributed by atoms with van der Waals surface area (Å²) in [4.78, 5) is 10.4. The Labute approximate surface area is 114 Å².